The highest BCUT2D eigenvalue weighted by atomic mass is 32.1. The third-order valence-corrected chi connectivity index (χ3v) is 1.89. The highest BCUT2D eigenvalue weighted by Gasteiger charge is 2.00. The first kappa shape index (κ1) is 8.89. The molecule has 2 heteroatoms. The van der Waals surface area contributed by atoms with Crippen molar-refractivity contribution in [3.05, 3.63) is 11.1 Å². The van der Waals surface area contributed by atoms with Gasteiger partial charge in [0.1, 0.15) is 0 Å². The van der Waals surface area contributed by atoms with Gasteiger partial charge in [-0.15, -0.1) is 12.6 Å². The summed E-state index contributed by atoms with van der Waals surface area (Å²) in [4.78, 5) is 2.17. The van der Waals surface area contributed by atoms with Gasteiger partial charge >= 0.3 is 0 Å². The molecule has 0 unspecified atom stereocenters. The van der Waals surface area contributed by atoms with E-state index in [0.29, 0.717) is 6.04 Å². The van der Waals surface area contributed by atoms with Crippen molar-refractivity contribution in [1.82, 2.24) is 4.90 Å². The van der Waals surface area contributed by atoms with Gasteiger partial charge in [-0.3, -0.25) is 0 Å². The van der Waals surface area contributed by atoms with E-state index in [9.17, 15) is 0 Å². The SMILES string of the molecule is C/C(=C/S)N(C)C(C)C. The standard InChI is InChI=1S/C7H15NS/c1-6(2)8(4)7(3)5-9/h5-6,9H,1-4H3/b7-5-. The van der Waals surface area contributed by atoms with Gasteiger partial charge in [0.2, 0.25) is 0 Å². The second-order valence-electron chi connectivity index (χ2n) is 2.48. The van der Waals surface area contributed by atoms with Gasteiger partial charge in [-0.2, -0.15) is 0 Å². The molecule has 0 aromatic carbocycles. The fourth-order valence-electron chi connectivity index (χ4n) is 0.498. The molecule has 0 rings (SSSR count). The van der Waals surface area contributed by atoms with E-state index in [0.717, 1.165) is 0 Å². The molecule has 0 saturated carbocycles. The zero-order valence-corrected chi connectivity index (χ0v) is 7.44. The zero-order chi connectivity index (χ0) is 7.44. The molecular formula is C7H15NS. The maximum atomic E-state index is 4.05. The summed E-state index contributed by atoms with van der Waals surface area (Å²) in [6.45, 7) is 6.36. The minimum atomic E-state index is 0.563. The van der Waals surface area contributed by atoms with Crippen LogP contribution in [0.25, 0.3) is 0 Å². The zero-order valence-electron chi connectivity index (χ0n) is 6.55. The summed E-state index contributed by atoms with van der Waals surface area (Å²) in [6, 6.07) is 0.563. The molecule has 0 aliphatic carbocycles. The molecule has 9 heavy (non-hydrogen) atoms. The Bertz CT molecular complexity index is 107. The van der Waals surface area contributed by atoms with Crippen LogP contribution in [-0.4, -0.2) is 18.0 Å². The summed E-state index contributed by atoms with van der Waals surface area (Å²) in [5.41, 5.74) is 1.20. The van der Waals surface area contributed by atoms with Crippen LogP contribution in [0.4, 0.5) is 0 Å². The van der Waals surface area contributed by atoms with Crippen LogP contribution in [0.5, 0.6) is 0 Å². The average Bonchev–Trinajstić information content (AvgIpc) is 1.84. The van der Waals surface area contributed by atoms with Crippen LogP contribution in [-0.2, 0) is 0 Å². The molecular weight excluding hydrogens is 130 g/mol. The predicted molar refractivity (Wildman–Crippen MR) is 45.6 cm³/mol. The van der Waals surface area contributed by atoms with Crippen molar-refractivity contribution in [3.8, 4) is 0 Å². The molecule has 0 radical (unpaired) electrons. The van der Waals surface area contributed by atoms with E-state index in [4.69, 9.17) is 0 Å². The van der Waals surface area contributed by atoms with E-state index in [-0.39, 0.29) is 0 Å². The van der Waals surface area contributed by atoms with E-state index >= 15 is 0 Å². The lowest BCUT2D eigenvalue weighted by Gasteiger charge is -2.23. The lowest BCUT2D eigenvalue weighted by Crippen LogP contribution is -2.23. The quantitative estimate of drug-likeness (QED) is 0.582. The van der Waals surface area contributed by atoms with Crippen LogP contribution in [0.1, 0.15) is 20.8 Å². The minimum Gasteiger partial charge on any atom is -0.375 e. The van der Waals surface area contributed by atoms with Gasteiger partial charge in [-0.05, 0) is 26.2 Å². The molecule has 1 nitrogen and oxygen atoms in total. The molecule has 0 aliphatic rings. The van der Waals surface area contributed by atoms with Gasteiger partial charge in [0.15, 0.2) is 0 Å². The first-order valence-electron chi connectivity index (χ1n) is 3.13. The molecule has 0 heterocycles. The van der Waals surface area contributed by atoms with Crippen LogP contribution in [0.3, 0.4) is 0 Å². The summed E-state index contributed by atoms with van der Waals surface area (Å²) in [5, 5.41) is 1.82. The lowest BCUT2D eigenvalue weighted by molar-refractivity contribution is 0.346. The Hall–Kier alpha value is -0.110. The van der Waals surface area contributed by atoms with Crippen LogP contribution in [0.2, 0.25) is 0 Å². The normalized spacial score (nSPS) is 12.4. The lowest BCUT2D eigenvalue weighted by atomic mass is 10.3. The number of rotatable bonds is 2. The summed E-state index contributed by atoms with van der Waals surface area (Å²) >= 11 is 4.05. The molecule has 0 aliphatic heterocycles. The third-order valence-electron chi connectivity index (χ3n) is 1.52. The van der Waals surface area contributed by atoms with Crippen molar-refractivity contribution < 1.29 is 0 Å². The Morgan fingerprint density at radius 3 is 2.11 bits per heavy atom. The van der Waals surface area contributed by atoms with Gasteiger partial charge < -0.3 is 4.90 Å². The highest BCUT2D eigenvalue weighted by molar-refractivity contribution is 7.83. The summed E-state index contributed by atoms with van der Waals surface area (Å²) in [5.74, 6) is 0. The van der Waals surface area contributed by atoms with Crippen LogP contribution in [0, 0.1) is 0 Å². The number of hydrogen-bond acceptors (Lipinski definition) is 2. The number of thiol groups is 1. The van der Waals surface area contributed by atoms with Crippen molar-refractivity contribution in [2.24, 2.45) is 0 Å². The fraction of sp³-hybridized carbons (Fsp3) is 0.714. The van der Waals surface area contributed by atoms with Gasteiger partial charge in [0, 0.05) is 18.8 Å². The molecule has 54 valence electrons. The Morgan fingerprint density at radius 1 is 1.56 bits per heavy atom. The number of hydrogen-bond donors (Lipinski definition) is 1. The van der Waals surface area contributed by atoms with E-state index < -0.39 is 0 Å². The number of allylic oxidation sites excluding steroid dienone is 1. The topological polar surface area (TPSA) is 3.24 Å². The average molecular weight is 145 g/mol. The first-order chi connectivity index (χ1) is 4.09. The van der Waals surface area contributed by atoms with Crippen molar-refractivity contribution in [2.75, 3.05) is 7.05 Å². The molecule has 0 aromatic rings. The molecule has 0 spiro atoms. The van der Waals surface area contributed by atoms with Gasteiger partial charge in [-0.1, -0.05) is 0 Å². The fourth-order valence-corrected chi connectivity index (χ4v) is 0.680. The van der Waals surface area contributed by atoms with E-state index in [1.54, 1.807) is 0 Å². The second-order valence-corrected chi connectivity index (χ2v) is 2.73. The van der Waals surface area contributed by atoms with Gasteiger partial charge in [0.25, 0.3) is 0 Å². The van der Waals surface area contributed by atoms with Crippen molar-refractivity contribution >= 4 is 12.6 Å². The summed E-state index contributed by atoms with van der Waals surface area (Å²) in [7, 11) is 2.06. The molecule has 0 bridgehead atoms. The van der Waals surface area contributed by atoms with Crippen LogP contribution in [0.15, 0.2) is 11.1 Å². The molecule has 0 aromatic heterocycles. The maximum Gasteiger partial charge on any atom is 0.0227 e. The van der Waals surface area contributed by atoms with Crippen molar-refractivity contribution in [2.45, 2.75) is 26.8 Å². The van der Waals surface area contributed by atoms with Gasteiger partial charge in [0.05, 0.1) is 0 Å². The maximum absolute atomic E-state index is 4.05. The summed E-state index contributed by atoms with van der Waals surface area (Å²) in [6.07, 6.45) is 0. The van der Waals surface area contributed by atoms with E-state index in [1.807, 2.05) is 12.3 Å². The van der Waals surface area contributed by atoms with Crippen molar-refractivity contribution in [1.29, 1.82) is 0 Å². The second kappa shape index (κ2) is 3.83. The highest BCUT2D eigenvalue weighted by Crippen LogP contribution is 2.05. The van der Waals surface area contributed by atoms with Crippen LogP contribution >= 0.6 is 12.6 Å². The van der Waals surface area contributed by atoms with E-state index in [2.05, 4.69) is 38.4 Å². The Labute approximate surface area is 63.2 Å². The number of nitrogens with zero attached hydrogens (tertiary/aromatic N) is 1. The minimum absolute atomic E-state index is 0.563. The Kier molecular flexibility index (Phi) is 3.78. The molecule has 0 N–H and O–H groups in total. The van der Waals surface area contributed by atoms with Gasteiger partial charge in [-0.25, -0.2) is 0 Å². The predicted octanol–water partition coefficient (Wildman–Crippen LogP) is 2.12. The van der Waals surface area contributed by atoms with Crippen molar-refractivity contribution in [3.63, 3.8) is 0 Å². The Balaban J connectivity index is 3.88. The summed E-state index contributed by atoms with van der Waals surface area (Å²) < 4.78 is 0. The molecule has 0 saturated heterocycles. The smallest absolute Gasteiger partial charge is 0.0227 e. The first-order valence-corrected chi connectivity index (χ1v) is 3.65. The molecule has 0 amide bonds. The third kappa shape index (κ3) is 2.80. The van der Waals surface area contributed by atoms with Crippen LogP contribution < -0.4 is 0 Å². The Morgan fingerprint density at radius 2 is 2.00 bits per heavy atom. The largest absolute Gasteiger partial charge is 0.375 e. The molecule has 0 atom stereocenters. The molecule has 0 fully saturated rings. The van der Waals surface area contributed by atoms with E-state index in [1.165, 1.54) is 5.70 Å². The monoisotopic (exact) mass is 145 g/mol.